The number of benzene rings is 1. The maximum Gasteiger partial charge on any atom is 0.418 e. The molecule has 1 aromatic rings. The van der Waals surface area contributed by atoms with Gasteiger partial charge in [0.25, 0.3) is 0 Å². The van der Waals surface area contributed by atoms with E-state index in [-0.39, 0.29) is 10.7 Å². The van der Waals surface area contributed by atoms with Crippen LogP contribution in [0, 0.1) is 0 Å². The lowest BCUT2D eigenvalue weighted by molar-refractivity contribution is -0.136. The van der Waals surface area contributed by atoms with E-state index < -0.39 is 11.7 Å². The fourth-order valence-corrected chi connectivity index (χ4v) is 2.05. The van der Waals surface area contributed by atoms with Gasteiger partial charge in [0.1, 0.15) is 5.84 Å². The Labute approximate surface area is 108 Å². The van der Waals surface area contributed by atoms with Crippen LogP contribution >= 0.6 is 11.6 Å². The summed E-state index contributed by atoms with van der Waals surface area (Å²) in [6, 6.07) is 3.74. The average Bonchev–Trinajstić information content (AvgIpc) is 2.32. The Bertz CT molecular complexity index is 469. The van der Waals surface area contributed by atoms with Gasteiger partial charge in [-0.15, -0.1) is 0 Å². The van der Waals surface area contributed by atoms with Crippen molar-refractivity contribution in [3.8, 4) is 0 Å². The van der Waals surface area contributed by atoms with E-state index in [9.17, 15) is 13.2 Å². The van der Waals surface area contributed by atoms with Crippen LogP contribution in [0.1, 0.15) is 24.8 Å². The standard InChI is InChI=1S/C12H12ClF3N2/c13-9-5-3-4-8(12(14,15)16)11(9)18-10-6-1-2-7-17-10/h3-5H,1-2,6-7H2,(H,17,18). The molecule has 0 saturated heterocycles. The van der Waals surface area contributed by atoms with Crippen molar-refractivity contribution in [2.24, 2.45) is 4.99 Å². The Morgan fingerprint density at radius 2 is 2.00 bits per heavy atom. The van der Waals surface area contributed by atoms with Crippen LogP contribution in [0.3, 0.4) is 0 Å². The van der Waals surface area contributed by atoms with Crippen molar-refractivity contribution >= 4 is 23.1 Å². The molecule has 0 radical (unpaired) electrons. The zero-order chi connectivity index (χ0) is 13.2. The first kappa shape index (κ1) is 13.2. The SMILES string of the molecule is FC(F)(F)c1cccc(Cl)c1NC1=NCCCC1. The first-order valence-corrected chi connectivity index (χ1v) is 6.02. The highest BCUT2D eigenvalue weighted by atomic mass is 35.5. The van der Waals surface area contributed by atoms with Crippen LogP contribution in [0.2, 0.25) is 5.02 Å². The van der Waals surface area contributed by atoms with Crippen LogP contribution < -0.4 is 5.32 Å². The normalized spacial score (nSPS) is 16.3. The lowest BCUT2D eigenvalue weighted by Gasteiger charge is -2.19. The second-order valence-electron chi connectivity index (χ2n) is 4.07. The molecule has 2 rings (SSSR count). The molecule has 1 aliphatic rings. The number of hydrogen-bond donors (Lipinski definition) is 1. The number of halogens is 4. The zero-order valence-corrected chi connectivity index (χ0v) is 10.3. The van der Waals surface area contributed by atoms with Gasteiger partial charge in [-0.1, -0.05) is 17.7 Å². The molecule has 98 valence electrons. The number of anilines is 1. The highest BCUT2D eigenvalue weighted by Crippen LogP contribution is 2.38. The molecule has 0 saturated carbocycles. The first-order chi connectivity index (χ1) is 8.48. The summed E-state index contributed by atoms with van der Waals surface area (Å²) in [5, 5.41) is 2.78. The van der Waals surface area contributed by atoms with E-state index in [0.29, 0.717) is 18.8 Å². The molecule has 0 fully saturated rings. The lowest BCUT2D eigenvalue weighted by Crippen LogP contribution is -2.19. The third-order valence-electron chi connectivity index (χ3n) is 2.71. The maximum atomic E-state index is 12.8. The topological polar surface area (TPSA) is 24.4 Å². The van der Waals surface area contributed by atoms with Crippen molar-refractivity contribution in [2.45, 2.75) is 25.4 Å². The summed E-state index contributed by atoms with van der Waals surface area (Å²) in [6.45, 7) is 0.647. The molecule has 1 N–H and O–H groups in total. The fraction of sp³-hybridized carbons (Fsp3) is 0.417. The summed E-state index contributed by atoms with van der Waals surface area (Å²) in [5.41, 5.74) is -0.865. The van der Waals surface area contributed by atoms with Gasteiger partial charge >= 0.3 is 6.18 Å². The van der Waals surface area contributed by atoms with Gasteiger partial charge in [-0.2, -0.15) is 13.2 Å². The highest BCUT2D eigenvalue weighted by molar-refractivity contribution is 6.34. The van der Waals surface area contributed by atoms with Crippen molar-refractivity contribution in [1.29, 1.82) is 0 Å². The summed E-state index contributed by atoms with van der Waals surface area (Å²) in [6.07, 6.45) is -1.87. The van der Waals surface area contributed by atoms with Crippen LogP contribution in [0.15, 0.2) is 23.2 Å². The second-order valence-corrected chi connectivity index (χ2v) is 4.48. The molecule has 18 heavy (non-hydrogen) atoms. The Morgan fingerprint density at radius 3 is 2.61 bits per heavy atom. The van der Waals surface area contributed by atoms with Crippen molar-refractivity contribution in [2.75, 3.05) is 11.9 Å². The molecule has 1 aliphatic heterocycles. The van der Waals surface area contributed by atoms with Gasteiger partial charge in [-0.25, -0.2) is 0 Å². The van der Waals surface area contributed by atoms with E-state index in [4.69, 9.17) is 11.6 Å². The van der Waals surface area contributed by atoms with E-state index >= 15 is 0 Å². The van der Waals surface area contributed by atoms with E-state index in [1.807, 2.05) is 0 Å². The molecular formula is C12H12ClF3N2. The minimum absolute atomic E-state index is 0.0538. The van der Waals surface area contributed by atoms with Crippen molar-refractivity contribution in [3.63, 3.8) is 0 Å². The molecule has 0 aromatic heterocycles. The van der Waals surface area contributed by atoms with Gasteiger partial charge in [0, 0.05) is 13.0 Å². The van der Waals surface area contributed by atoms with Crippen molar-refractivity contribution in [3.05, 3.63) is 28.8 Å². The summed E-state index contributed by atoms with van der Waals surface area (Å²) in [4.78, 5) is 4.17. The van der Waals surface area contributed by atoms with Crippen molar-refractivity contribution in [1.82, 2.24) is 0 Å². The quantitative estimate of drug-likeness (QED) is 0.810. The highest BCUT2D eigenvalue weighted by Gasteiger charge is 2.34. The number of nitrogens with zero attached hydrogens (tertiary/aromatic N) is 1. The maximum absolute atomic E-state index is 12.8. The number of aliphatic imine (C=N–C) groups is 1. The number of alkyl halides is 3. The zero-order valence-electron chi connectivity index (χ0n) is 9.52. The van der Waals surface area contributed by atoms with Crippen LogP contribution in [0.25, 0.3) is 0 Å². The molecule has 0 aliphatic carbocycles. The number of para-hydroxylation sites is 1. The Kier molecular flexibility index (Phi) is 3.80. The number of hydrogen-bond acceptors (Lipinski definition) is 2. The Morgan fingerprint density at radius 1 is 1.22 bits per heavy atom. The fourth-order valence-electron chi connectivity index (χ4n) is 1.83. The van der Waals surface area contributed by atoms with E-state index in [0.717, 1.165) is 18.9 Å². The van der Waals surface area contributed by atoms with Gasteiger partial charge in [0.05, 0.1) is 16.3 Å². The molecule has 2 nitrogen and oxygen atoms in total. The van der Waals surface area contributed by atoms with Crippen LogP contribution in [0.5, 0.6) is 0 Å². The molecule has 6 heteroatoms. The van der Waals surface area contributed by atoms with Gasteiger partial charge in [0.15, 0.2) is 0 Å². The number of amidine groups is 1. The predicted octanol–water partition coefficient (Wildman–Crippen LogP) is 4.35. The third kappa shape index (κ3) is 2.96. The summed E-state index contributed by atoms with van der Waals surface area (Å²) in [7, 11) is 0. The largest absolute Gasteiger partial charge is 0.418 e. The van der Waals surface area contributed by atoms with Crippen LogP contribution in [-0.2, 0) is 6.18 Å². The smallest absolute Gasteiger partial charge is 0.342 e. The monoisotopic (exact) mass is 276 g/mol. The van der Waals surface area contributed by atoms with Gasteiger partial charge in [-0.05, 0) is 25.0 Å². The molecule has 0 spiro atoms. The molecule has 0 amide bonds. The third-order valence-corrected chi connectivity index (χ3v) is 3.03. The molecule has 1 heterocycles. The van der Waals surface area contributed by atoms with Gasteiger partial charge in [-0.3, -0.25) is 4.99 Å². The van der Waals surface area contributed by atoms with E-state index in [2.05, 4.69) is 10.3 Å². The second kappa shape index (κ2) is 5.18. The number of rotatable bonds is 1. The average molecular weight is 277 g/mol. The molecule has 0 atom stereocenters. The predicted molar refractivity (Wildman–Crippen MR) is 66.2 cm³/mol. The molecular weight excluding hydrogens is 265 g/mol. The summed E-state index contributed by atoms with van der Waals surface area (Å²) >= 11 is 5.84. The number of nitrogens with one attached hydrogen (secondary N) is 1. The van der Waals surface area contributed by atoms with Crippen LogP contribution in [0.4, 0.5) is 18.9 Å². The van der Waals surface area contributed by atoms with Gasteiger partial charge in [0.2, 0.25) is 0 Å². The van der Waals surface area contributed by atoms with E-state index in [1.54, 1.807) is 0 Å². The summed E-state index contributed by atoms with van der Waals surface area (Å²) in [5.74, 6) is 0.569. The molecule has 1 aromatic carbocycles. The Balaban J connectivity index is 2.34. The van der Waals surface area contributed by atoms with Crippen LogP contribution in [-0.4, -0.2) is 12.4 Å². The minimum Gasteiger partial charge on any atom is -0.342 e. The minimum atomic E-state index is -4.43. The summed E-state index contributed by atoms with van der Waals surface area (Å²) < 4.78 is 38.5. The Hall–Kier alpha value is -1.23. The van der Waals surface area contributed by atoms with E-state index in [1.165, 1.54) is 12.1 Å². The van der Waals surface area contributed by atoms with Gasteiger partial charge < -0.3 is 5.32 Å². The molecule has 0 bridgehead atoms. The molecule has 0 unspecified atom stereocenters. The lowest BCUT2D eigenvalue weighted by atomic mass is 10.1. The first-order valence-electron chi connectivity index (χ1n) is 5.64. The van der Waals surface area contributed by atoms with Crippen molar-refractivity contribution < 1.29 is 13.2 Å².